The van der Waals surface area contributed by atoms with E-state index < -0.39 is 0 Å². The van der Waals surface area contributed by atoms with E-state index in [9.17, 15) is 9.18 Å². The van der Waals surface area contributed by atoms with Crippen molar-refractivity contribution in [1.29, 1.82) is 0 Å². The van der Waals surface area contributed by atoms with Crippen molar-refractivity contribution < 1.29 is 13.9 Å². The zero-order chi connectivity index (χ0) is 15.4. The molecule has 1 amide bonds. The Morgan fingerprint density at radius 1 is 1.41 bits per heavy atom. The number of hydrogen-bond acceptors (Lipinski definition) is 4. The SMILES string of the molecule is O=C(NCCc1nc(C2CCOC2)n[nH]1)c1ccc(F)cc1. The molecule has 2 heterocycles. The average Bonchev–Trinajstić information content (AvgIpc) is 3.19. The van der Waals surface area contributed by atoms with Crippen molar-refractivity contribution in [3.8, 4) is 0 Å². The Morgan fingerprint density at radius 2 is 2.23 bits per heavy atom. The second-order valence-corrected chi connectivity index (χ2v) is 5.21. The van der Waals surface area contributed by atoms with Crippen molar-refractivity contribution >= 4 is 5.91 Å². The third-order valence-electron chi connectivity index (χ3n) is 3.60. The predicted molar refractivity (Wildman–Crippen MR) is 77.0 cm³/mol. The number of carbonyl (C=O) groups is 1. The van der Waals surface area contributed by atoms with Gasteiger partial charge in [0.2, 0.25) is 0 Å². The Bertz CT molecular complexity index is 635. The molecule has 116 valence electrons. The highest BCUT2D eigenvalue weighted by molar-refractivity contribution is 5.94. The molecule has 1 unspecified atom stereocenters. The molecular weight excluding hydrogens is 287 g/mol. The standard InChI is InChI=1S/C15H17FN4O2/c16-12-3-1-10(2-4-12)15(21)17-7-5-13-18-14(20-19-13)11-6-8-22-9-11/h1-4,11H,5-9H2,(H,17,21)(H,18,19,20). The Labute approximate surface area is 127 Å². The van der Waals surface area contributed by atoms with Gasteiger partial charge in [-0.15, -0.1) is 0 Å². The second kappa shape index (κ2) is 6.65. The van der Waals surface area contributed by atoms with Crippen molar-refractivity contribution in [3.63, 3.8) is 0 Å². The lowest BCUT2D eigenvalue weighted by Crippen LogP contribution is -2.25. The van der Waals surface area contributed by atoms with Crippen LogP contribution >= 0.6 is 0 Å². The first-order valence-electron chi connectivity index (χ1n) is 7.25. The summed E-state index contributed by atoms with van der Waals surface area (Å²) in [5.41, 5.74) is 0.433. The fourth-order valence-corrected chi connectivity index (χ4v) is 2.34. The summed E-state index contributed by atoms with van der Waals surface area (Å²) in [7, 11) is 0. The Kier molecular flexibility index (Phi) is 4.43. The number of rotatable bonds is 5. The quantitative estimate of drug-likeness (QED) is 0.875. The van der Waals surface area contributed by atoms with Gasteiger partial charge in [-0.25, -0.2) is 9.37 Å². The van der Waals surface area contributed by atoms with E-state index in [0.29, 0.717) is 25.1 Å². The molecule has 1 saturated heterocycles. The minimum atomic E-state index is -0.360. The van der Waals surface area contributed by atoms with Gasteiger partial charge in [-0.3, -0.25) is 9.89 Å². The minimum Gasteiger partial charge on any atom is -0.381 e. The van der Waals surface area contributed by atoms with Crippen LogP contribution < -0.4 is 5.32 Å². The first kappa shape index (κ1) is 14.6. The average molecular weight is 304 g/mol. The van der Waals surface area contributed by atoms with Gasteiger partial charge in [-0.2, -0.15) is 5.10 Å². The lowest BCUT2D eigenvalue weighted by atomic mass is 10.1. The number of nitrogens with zero attached hydrogens (tertiary/aromatic N) is 2. The predicted octanol–water partition coefficient (Wildman–Crippen LogP) is 1.42. The molecule has 7 heteroatoms. The molecule has 0 saturated carbocycles. The maximum Gasteiger partial charge on any atom is 0.251 e. The number of amides is 1. The van der Waals surface area contributed by atoms with Crippen LogP contribution in [0.4, 0.5) is 4.39 Å². The molecule has 6 nitrogen and oxygen atoms in total. The fraction of sp³-hybridized carbons (Fsp3) is 0.400. The number of aromatic nitrogens is 3. The van der Waals surface area contributed by atoms with Gasteiger partial charge >= 0.3 is 0 Å². The molecule has 0 bridgehead atoms. The molecule has 1 aromatic heterocycles. The lowest BCUT2D eigenvalue weighted by molar-refractivity contribution is 0.0954. The van der Waals surface area contributed by atoms with E-state index in [1.54, 1.807) is 0 Å². The minimum absolute atomic E-state index is 0.232. The Morgan fingerprint density at radius 3 is 2.95 bits per heavy atom. The largest absolute Gasteiger partial charge is 0.381 e. The number of H-pyrrole nitrogens is 1. The van der Waals surface area contributed by atoms with Crippen LogP contribution in [0.5, 0.6) is 0 Å². The summed E-state index contributed by atoms with van der Waals surface area (Å²) in [6, 6.07) is 5.44. The van der Waals surface area contributed by atoms with E-state index in [1.165, 1.54) is 24.3 Å². The van der Waals surface area contributed by atoms with Gasteiger partial charge in [0.1, 0.15) is 11.6 Å². The number of carbonyl (C=O) groups excluding carboxylic acids is 1. The van der Waals surface area contributed by atoms with Crippen LogP contribution in [0.25, 0.3) is 0 Å². The molecule has 2 N–H and O–H groups in total. The van der Waals surface area contributed by atoms with Gasteiger partial charge in [0.05, 0.1) is 6.61 Å². The van der Waals surface area contributed by atoms with Crippen molar-refractivity contribution in [2.24, 2.45) is 0 Å². The second-order valence-electron chi connectivity index (χ2n) is 5.21. The van der Waals surface area contributed by atoms with Gasteiger partial charge in [-0.05, 0) is 30.7 Å². The van der Waals surface area contributed by atoms with Crippen LogP contribution in [0.1, 0.15) is 34.3 Å². The molecule has 1 aromatic carbocycles. The Balaban J connectivity index is 1.48. The summed E-state index contributed by atoms with van der Waals surface area (Å²) in [5, 5.41) is 9.85. The zero-order valence-electron chi connectivity index (χ0n) is 12.0. The summed E-state index contributed by atoms with van der Waals surface area (Å²) in [4.78, 5) is 16.3. The van der Waals surface area contributed by atoms with Crippen LogP contribution in [0.2, 0.25) is 0 Å². The molecule has 1 aliphatic rings. The van der Waals surface area contributed by atoms with Gasteiger partial charge in [0, 0.05) is 31.1 Å². The van der Waals surface area contributed by atoms with E-state index in [0.717, 1.165) is 24.7 Å². The molecule has 1 aliphatic heterocycles. The maximum absolute atomic E-state index is 12.8. The van der Waals surface area contributed by atoms with E-state index in [2.05, 4.69) is 20.5 Å². The lowest BCUT2D eigenvalue weighted by Gasteiger charge is -2.03. The normalized spacial score (nSPS) is 17.6. The molecule has 1 atom stereocenters. The summed E-state index contributed by atoms with van der Waals surface area (Å²) in [5.74, 6) is 1.18. The monoisotopic (exact) mass is 304 g/mol. The first-order valence-corrected chi connectivity index (χ1v) is 7.25. The third kappa shape index (κ3) is 3.48. The highest BCUT2D eigenvalue weighted by atomic mass is 19.1. The molecule has 1 fully saturated rings. The summed E-state index contributed by atoms with van der Waals surface area (Å²) < 4.78 is 18.1. The number of halogens is 1. The van der Waals surface area contributed by atoms with Crippen LogP contribution in [0, 0.1) is 5.82 Å². The molecule has 0 radical (unpaired) electrons. The third-order valence-corrected chi connectivity index (χ3v) is 3.60. The van der Waals surface area contributed by atoms with Crippen LogP contribution in [-0.4, -0.2) is 40.8 Å². The van der Waals surface area contributed by atoms with Crippen LogP contribution in [0.3, 0.4) is 0 Å². The van der Waals surface area contributed by atoms with Crippen LogP contribution in [0.15, 0.2) is 24.3 Å². The molecule has 2 aromatic rings. The van der Waals surface area contributed by atoms with E-state index in [-0.39, 0.29) is 17.6 Å². The topological polar surface area (TPSA) is 79.9 Å². The fourth-order valence-electron chi connectivity index (χ4n) is 2.34. The molecule has 0 aliphatic carbocycles. The van der Waals surface area contributed by atoms with E-state index >= 15 is 0 Å². The molecule has 3 rings (SSSR count). The molecule has 22 heavy (non-hydrogen) atoms. The molecular formula is C15H17FN4O2. The van der Waals surface area contributed by atoms with Crippen LogP contribution in [-0.2, 0) is 11.2 Å². The van der Waals surface area contributed by atoms with Gasteiger partial charge in [0.15, 0.2) is 5.82 Å². The first-order chi connectivity index (χ1) is 10.7. The van der Waals surface area contributed by atoms with Crippen molar-refractivity contribution in [1.82, 2.24) is 20.5 Å². The highest BCUT2D eigenvalue weighted by Crippen LogP contribution is 2.21. The van der Waals surface area contributed by atoms with E-state index in [4.69, 9.17) is 4.74 Å². The summed E-state index contributed by atoms with van der Waals surface area (Å²) >= 11 is 0. The smallest absolute Gasteiger partial charge is 0.251 e. The Hall–Kier alpha value is -2.28. The highest BCUT2D eigenvalue weighted by Gasteiger charge is 2.21. The number of aromatic amines is 1. The number of hydrogen-bond donors (Lipinski definition) is 2. The zero-order valence-corrected chi connectivity index (χ0v) is 12.0. The van der Waals surface area contributed by atoms with Gasteiger partial charge in [-0.1, -0.05) is 0 Å². The summed E-state index contributed by atoms with van der Waals surface area (Å²) in [6.45, 7) is 1.85. The maximum atomic E-state index is 12.8. The number of benzene rings is 1. The summed E-state index contributed by atoms with van der Waals surface area (Å²) in [6.07, 6.45) is 1.51. The van der Waals surface area contributed by atoms with Crippen molar-refractivity contribution in [2.45, 2.75) is 18.8 Å². The van der Waals surface area contributed by atoms with Crippen molar-refractivity contribution in [2.75, 3.05) is 19.8 Å². The van der Waals surface area contributed by atoms with Gasteiger partial charge in [0.25, 0.3) is 5.91 Å². The number of ether oxygens (including phenoxy) is 1. The van der Waals surface area contributed by atoms with Crippen molar-refractivity contribution in [3.05, 3.63) is 47.3 Å². The van der Waals surface area contributed by atoms with E-state index in [1.807, 2.05) is 0 Å². The number of nitrogens with one attached hydrogen (secondary N) is 2. The van der Waals surface area contributed by atoms with Gasteiger partial charge < -0.3 is 10.1 Å². The molecule has 0 spiro atoms.